The van der Waals surface area contributed by atoms with Gasteiger partial charge in [-0.2, -0.15) is 0 Å². The molecule has 0 amide bonds. The number of methoxy groups -OCH3 is 1. The van der Waals surface area contributed by atoms with Crippen LogP contribution in [0.3, 0.4) is 0 Å². The van der Waals surface area contributed by atoms with Crippen LogP contribution in [0.25, 0.3) is 0 Å². The molecule has 4 nitrogen and oxygen atoms in total. The Labute approximate surface area is 123 Å². The van der Waals surface area contributed by atoms with E-state index in [9.17, 15) is 0 Å². The molecule has 0 spiro atoms. The molecule has 1 aromatic rings. The van der Waals surface area contributed by atoms with Gasteiger partial charge in [-0.15, -0.1) is 0 Å². The van der Waals surface area contributed by atoms with Gasteiger partial charge in [0.25, 0.3) is 0 Å². The quantitative estimate of drug-likeness (QED) is 0.597. The highest BCUT2D eigenvalue weighted by molar-refractivity contribution is 14.1. The smallest absolute Gasteiger partial charge is 0.143 e. The summed E-state index contributed by atoms with van der Waals surface area (Å²) in [7, 11) is 1.72. The summed E-state index contributed by atoms with van der Waals surface area (Å²) in [6.45, 7) is 8.04. The predicted octanol–water partition coefficient (Wildman–Crippen LogP) is 3.22. The van der Waals surface area contributed by atoms with Gasteiger partial charge < -0.3 is 10.1 Å². The molecule has 1 heterocycles. The van der Waals surface area contributed by atoms with Crippen LogP contribution < -0.4 is 5.32 Å². The molecule has 0 fully saturated rings. The fraction of sp³-hybridized carbons (Fsp3) is 0.692. The van der Waals surface area contributed by atoms with E-state index in [1.54, 1.807) is 7.11 Å². The minimum atomic E-state index is 0.415. The molecule has 1 aromatic heterocycles. The van der Waals surface area contributed by atoms with Gasteiger partial charge in [-0.25, -0.2) is 9.97 Å². The van der Waals surface area contributed by atoms with Crippen LogP contribution in [-0.4, -0.2) is 30.2 Å². The van der Waals surface area contributed by atoms with Crippen molar-refractivity contribution in [3.63, 3.8) is 0 Å². The van der Waals surface area contributed by atoms with Crippen LogP contribution >= 0.6 is 22.6 Å². The second-order valence-corrected chi connectivity index (χ2v) is 5.55. The maximum absolute atomic E-state index is 5.07. The standard InChI is InChI=1S/C13H22IN3O/c1-5-15-13-11(14)12(9(2)3)16-10(17-13)7-6-8-18-4/h9H,5-8H2,1-4H3,(H,15,16,17). The molecule has 0 radical (unpaired) electrons. The summed E-state index contributed by atoms with van der Waals surface area (Å²) in [5, 5.41) is 3.31. The van der Waals surface area contributed by atoms with Crippen LogP contribution in [0.1, 0.15) is 44.6 Å². The van der Waals surface area contributed by atoms with Crippen LogP contribution in [0, 0.1) is 3.57 Å². The second kappa shape index (κ2) is 7.89. The zero-order valence-electron chi connectivity index (χ0n) is 11.6. The van der Waals surface area contributed by atoms with Crippen molar-refractivity contribution < 1.29 is 4.74 Å². The van der Waals surface area contributed by atoms with Gasteiger partial charge >= 0.3 is 0 Å². The zero-order chi connectivity index (χ0) is 13.5. The lowest BCUT2D eigenvalue weighted by molar-refractivity contribution is 0.194. The van der Waals surface area contributed by atoms with Crippen molar-refractivity contribution in [3.8, 4) is 0 Å². The van der Waals surface area contributed by atoms with Gasteiger partial charge in [0.1, 0.15) is 11.6 Å². The van der Waals surface area contributed by atoms with E-state index in [2.05, 4.69) is 58.6 Å². The molecular formula is C13H22IN3O. The highest BCUT2D eigenvalue weighted by Gasteiger charge is 2.14. The molecule has 0 unspecified atom stereocenters. The Bertz CT molecular complexity index is 383. The molecule has 0 bridgehead atoms. The lowest BCUT2D eigenvalue weighted by atomic mass is 10.1. The maximum atomic E-state index is 5.07. The molecule has 0 saturated heterocycles. The minimum Gasteiger partial charge on any atom is -0.385 e. The topological polar surface area (TPSA) is 47.0 Å². The number of ether oxygens (including phenoxy) is 1. The number of aryl methyl sites for hydroxylation is 1. The van der Waals surface area contributed by atoms with Crippen molar-refractivity contribution in [2.24, 2.45) is 0 Å². The number of hydrogen-bond acceptors (Lipinski definition) is 4. The fourth-order valence-electron chi connectivity index (χ4n) is 1.67. The average Bonchev–Trinajstić information content (AvgIpc) is 2.33. The minimum absolute atomic E-state index is 0.415. The highest BCUT2D eigenvalue weighted by Crippen LogP contribution is 2.25. The first-order valence-corrected chi connectivity index (χ1v) is 7.47. The number of aromatic nitrogens is 2. The largest absolute Gasteiger partial charge is 0.385 e. The SMILES string of the molecule is CCNc1nc(CCCOC)nc(C(C)C)c1I. The van der Waals surface area contributed by atoms with Gasteiger partial charge in [0, 0.05) is 26.7 Å². The van der Waals surface area contributed by atoms with Crippen LogP contribution in [0.15, 0.2) is 0 Å². The van der Waals surface area contributed by atoms with Crippen molar-refractivity contribution in [3.05, 3.63) is 15.1 Å². The van der Waals surface area contributed by atoms with Gasteiger partial charge in [-0.05, 0) is 41.9 Å². The summed E-state index contributed by atoms with van der Waals surface area (Å²) in [5.74, 6) is 2.29. The van der Waals surface area contributed by atoms with Crippen LogP contribution in [0.5, 0.6) is 0 Å². The zero-order valence-corrected chi connectivity index (χ0v) is 13.7. The molecule has 1 rings (SSSR count). The molecule has 0 atom stereocenters. The lowest BCUT2D eigenvalue weighted by Crippen LogP contribution is -2.11. The molecule has 0 aliphatic heterocycles. The number of anilines is 1. The summed E-state index contributed by atoms with van der Waals surface area (Å²) in [6, 6.07) is 0. The van der Waals surface area contributed by atoms with E-state index >= 15 is 0 Å². The normalized spacial score (nSPS) is 11.0. The molecule has 18 heavy (non-hydrogen) atoms. The lowest BCUT2D eigenvalue weighted by Gasteiger charge is -2.14. The summed E-state index contributed by atoms with van der Waals surface area (Å²) >= 11 is 2.33. The first-order chi connectivity index (χ1) is 8.60. The first kappa shape index (κ1) is 15.6. The number of nitrogens with one attached hydrogen (secondary N) is 1. The van der Waals surface area contributed by atoms with Crippen LogP contribution in [0.2, 0.25) is 0 Å². The van der Waals surface area contributed by atoms with Gasteiger partial charge in [-0.1, -0.05) is 13.8 Å². The van der Waals surface area contributed by atoms with Crippen molar-refractivity contribution >= 4 is 28.4 Å². The van der Waals surface area contributed by atoms with E-state index in [4.69, 9.17) is 4.74 Å². The molecule has 1 N–H and O–H groups in total. The van der Waals surface area contributed by atoms with Gasteiger partial charge in [0.15, 0.2) is 0 Å². The number of halogens is 1. The predicted molar refractivity (Wildman–Crippen MR) is 83.2 cm³/mol. The van der Waals surface area contributed by atoms with Crippen molar-refractivity contribution in [1.82, 2.24) is 9.97 Å². The van der Waals surface area contributed by atoms with Crippen LogP contribution in [0.4, 0.5) is 5.82 Å². The van der Waals surface area contributed by atoms with E-state index < -0.39 is 0 Å². The Morgan fingerprint density at radius 1 is 1.33 bits per heavy atom. The van der Waals surface area contributed by atoms with E-state index in [1.165, 1.54) is 0 Å². The van der Waals surface area contributed by atoms with Gasteiger partial charge in [0.2, 0.25) is 0 Å². The highest BCUT2D eigenvalue weighted by atomic mass is 127. The number of hydrogen-bond donors (Lipinski definition) is 1. The van der Waals surface area contributed by atoms with Gasteiger partial charge in [0.05, 0.1) is 9.26 Å². The van der Waals surface area contributed by atoms with E-state index in [0.29, 0.717) is 5.92 Å². The van der Waals surface area contributed by atoms with Crippen LogP contribution in [-0.2, 0) is 11.2 Å². The maximum Gasteiger partial charge on any atom is 0.143 e. The Hall–Kier alpha value is -0.430. The van der Waals surface area contributed by atoms with E-state index in [-0.39, 0.29) is 0 Å². The summed E-state index contributed by atoms with van der Waals surface area (Å²) in [5.41, 5.74) is 1.13. The third-order valence-corrected chi connectivity index (χ3v) is 3.63. The molecular weight excluding hydrogens is 341 g/mol. The first-order valence-electron chi connectivity index (χ1n) is 6.39. The monoisotopic (exact) mass is 363 g/mol. The fourth-order valence-corrected chi connectivity index (χ4v) is 2.72. The van der Waals surface area contributed by atoms with Crippen molar-refractivity contribution in [1.29, 1.82) is 0 Å². The summed E-state index contributed by atoms with van der Waals surface area (Å²) in [6.07, 6.45) is 1.82. The Kier molecular flexibility index (Phi) is 6.85. The van der Waals surface area contributed by atoms with Crippen molar-refractivity contribution in [2.75, 3.05) is 25.6 Å². The molecule has 0 aliphatic carbocycles. The third-order valence-electron chi connectivity index (χ3n) is 2.56. The molecule has 0 aromatic carbocycles. The molecule has 102 valence electrons. The Morgan fingerprint density at radius 3 is 2.61 bits per heavy atom. The van der Waals surface area contributed by atoms with E-state index in [1.807, 2.05) is 0 Å². The summed E-state index contributed by atoms with van der Waals surface area (Å²) in [4.78, 5) is 9.26. The molecule has 5 heteroatoms. The summed E-state index contributed by atoms with van der Waals surface area (Å²) < 4.78 is 6.21. The molecule has 0 aliphatic rings. The third kappa shape index (κ3) is 4.35. The average molecular weight is 363 g/mol. The second-order valence-electron chi connectivity index (χ2n) is 4.47. The van der Waals surface area contributed by atoms with Crippen molar-refractivity contribution in [2.45, 2.75) is 39.5 Å². The number of rotatable bonds is 7. The molecule has 0 saturated carbocycles. The van der Waals surface area contributed by atoms with E-state index in [0.717, 1.165) is 46.9 Å². The Balaban J connectivity index is 2.96. The Morgan fingerprint density at radius 2 is 2.06 bits per heavy atom. The van der Waals surface area contributed by atoms with Gasteiger partial charge in [-0.3, -0.25) is 0 Å². The number of nitrogens with zero attached hydrogens (tertiary/aromatic N) is 2.